The molecule has 1 N–H and O–H groups in total. The summed E-state index contributed by atoms with van der Waals surface area (Å²) in [6, 6.07) is 13.4. The molecule has 0 spiro atoms. The summed E-state index contributed by atoms with van der Waals surface area (Å²) in [7, 11) is 0. The summed E-state index contributed by atoms with van der Waals surface area (Å²) < 4.78 is 38.9. The third-order valence-electron chi connectivity index (χ3n) is 3.09. The largest absolute Gasteiger partial charge is 0.416 e. The second kappa shape index (κ2) is 4.70. The third kappa shape index (κ3) is 2.63. The summed E-state index contributed by atoms with van der Waals surface area (Å²) in [5.41, 5.74) is -2.22. The van der Waals surface area contributed by atoms with E-state index in [2.05, 4.69) is 0 Å². The lowest BCUT2D eigenvalue weighted by Crippen LogP contribution is -2.26. The standard InChI is InChI=1S/C15H13F3O/c1-14(19,11-7-3-2-4-8-11)12-9-5-6-10-13(12)15(16,17)18/h2-10,19H,1H3. The Kier molecular flexibility index (Phi) is 3.37. The van der Waals surface area contributed by atoms with Crippen LogP contribution in [0.15, 0.2) is 54.6 Å². The maximum Gasteiger partial charge on any atom is 0.416 e. The molecule has 1 unspecified atom stereocenters. The molecule has 2 aromatic rings. The van der Waals surface area contributed by atoms with Gasteiger partial charge in [-0.25, -0.2) is 0 Å². The quantitative estimate of drug-likeness (QED) is 0.872. The van der Waals surface area contributed by atoms with Crippen molar-refractivity contribution in [2.24, 2.45) is 0 Å². The molecule has 2 rings (SSSR count). The molecule has 0 aromatic heterocycles. The number of alkyl halides is 3. The number of aliphatic hydroxyl groups is 1. The van der Waals surface area contributed by atoms with E-state index in [0.717, 1.165) is 6.07 Å². The Balaban J connectivity index is 2.59. The van der Waals surface area contributed by atoms with Crippen molar-refractivity contribution in [2.45, 2.75) is 18.7 Å². The van der Waals surface area contributed by atoms with Crippen molar-refractivity contribution in [3.8, 4) is 0 Å². The Bertz CT molecular complexity index is 559. The first-order valence-electron chi connectivity index (χ1n) is 5.78. The van der Waals surface area contributed by atoms with Crippen molar-refractivity contribution >= 4 is 0 Å². The van der Waals surface area contributed by atoms with E-state index < -0.39 is 17.3 Å². The van der Waals surface area contributed by atoms with Crippen molar-refractivity contribution < 1.29 is 18.3 Å². The minimum absolute atomic E-state index is 0.145. The molecule has 19 heavy (non-hydrogen) atoms. The average Bonchev–Trinajstić information content (AvgIpc) is 2.39. The highest BCUT2D eigenvalue weighted by molar-refractivity contribution is 5.41. The average molecular weight is 266 g/mol. The Morgan fingerprint density at radius 3 is 1.79 bits per heavy atom. The van der Waals surface area contributed by atoms with Gasteiger partial charge in [-0.05, 0) is 24.1 Å². The van der Waals surface area contributed by atoms with Crippen LogP contribution in [0.4, 0.5) is 13.2 Å². The molecule has 0 aliphatic heterocycles. The lowest BCUT2D eigenvalue weighted by molar-refractivity contribution is -0.139. The van der Waals surface area contributed by atoms with Gasteiger partial charge in [-0.15, -0.1) is 0 Å². The van der Waals surface area contributed by atoms with Gasteiger partial charge in [-0.3, -0.25) is 0 Å². The maximum atomic E-state index is 13.0. The molecule has 0 fully saturated rings. The van der Waals surface area contributed by atoms with E-state index in [0.29, 0.717) is 5.56 Å². The zero-order chi connectivity index (χ0) is 14.1. The van der Waals surface area contributed by atoms with Gasteiger partial charge in [0, 0.05) is 0 Å². The minimum Gasteiger partial charge on any atom is -0.381 e. The van der Waals surface area contributed by atoms with Gasteiger partial charge in [0.05, 0.1) is 5.56 Å². The maximum absolute atomic E-state index is 13.0. The van der Waals surface area contributed by atoms with Gasteiger partial charge in [0.25, 0.3) is 0 Å². The van der Waals surface area contributed by atoms with E-state index in [-0.39, 0.29) is 5.56 Å². The van der Waals surface area contributed by atoms with E-state index in [1.807, 2.05) is 0 Å². The van der Waals surface area contributed by atoms with Crippen molar-refractivity contribution in [3.63, 3.8) is 0 Å². The van der Waals surface area contributed by atoms with Crippen molar-refractivity contribution in [3.05, 3.63) is 71.3 Å². The number of hydrogen-bond acceptors (Lipinski definition) is 1. The molecule has 0 heterocycles. The van der Waals surface area contributed by atoms with Crippen LogP contribution in [0.5, 0.6) is 0 Å². The van der Waals surface area contributed by atoms with E-state index >= 15 is 0 Å². The fourth-order valence-corrected chi connectivity index (χ4v) is 2.07. The Morgan fingerprint density at radius 2 is 1.26 bits per heavy atom. The predicted octanol–water partition coefficient (Wildman–Crippen LogP) is 3.96. The second-order valence-corrected chi connectivity index (χ2v) is 4.48. The number of benzene rings is 2. The van der Waals surface area contributed by atoms with E-state index in [1.54, 1.807) is 30.3 Å². The second-order valence-electron chi connectivity index (χ2n) is 4.48. The molecule has 1 nitrogen and oxygen atoms in total. The van der Waals surface area contributed by atoms with Gasteiger partial charge in [0.15, 0.2) is 0 Å². The lowest BCUT2D eigenvalue weighted by Gasteiger charge is -2.27. The molecule has 4 heteroatoms. The Morgan fingerprint density at radius 1 is 0.789 bits per heavy atom. The van der Waals surface area contributed by atoms with Crippen molar-refractivity contribution in [1.82, 2.24) is 0 Å². The van der Waals surface area contributed by atoms with Crippen LogP contribution in [0.3, 0.4) is 0 Å². The molecule has 0 radical (unpaired) electrons. The zero-order valence-electron chi connectivity index (χ0n) is 10.3. The topological polar surface area (TPSA) is 20.2 Å². The highest BCUT2D eigenvalue weighted by Crippen LogP contribution is 2.39. The van der Waals surface area contributed by atoms with Crippen LogP contribution in [0.25, 0.3) is 0 Å². The molecule has 0 aliphatic rings. The number of rotatable bonds is 2. The fourth-order valence-electron chi connectivity index (χ4n) is 2.07. The summed E-state index contributed by atoms with van der Waals surface area (Å²) >= 11 is 0. The van der Waals surface area contributed by atoms with E-state index in [4.69, 9.17) is 0 Å². The molecular weight excluding hydrogens is 253 g/mol. The summed E-state index contributed by atoms with van der Waals surface area (Å²) in [5, 5.41) is 10.5. The Hall–Kier alpha value is -1.81. The molecule has 0 aliphatic carbocycles. The normalized spacial score (nSPS) is 15.0. The van der Waals surface area contributed by atoms with Crippen LogP contribution < -0.4 is 0 Å². The number of hydrogen-bond donors (Lipinski definition) is 1. The molecule has 100 valence electrons. The van der Waals surface area contributed by atoms with Gasteiger partial charge < -0.3 is 5.11 Å². The van der Waals surface area contributed by atoms with Gasteiger partial charge >= 0.3 is 6.18 Å². The smallest absolute Gasteiger partial charge is 0.381 e. The van der Waals surface area contributed by atoms with Crippen LogP contribution in [0, 0.1) is 0 Å². The van der Waals surface area contributed by atoms with Gasteiger partial charge in [0.2, 0.25) is 0 Å². The van der Waals surface area contributed by atoms with Crippen LogP contribution in [-0.2, 0) is 11.8 Å². The van der Waals surface area contributed by atoms with E-state index in [9.17, 15) is 18.3 Å². The predicted molar refractivity (Wildman–Crippen MR) is 66.6 cm³/mol. The van der Waals surface area contributed by atoms with Crippen molar-refractivity contribution in [1.29, 1.82) is 0 Å². The monoisotopic (exact) mass is 266 g/mol. The molecular formula is C15H13F3O. The molecule has 1 atom stereocenters. The fraction of sp³-hybridized carbons (Fsp3) is 0.200. The van der Waals surface area contributed by atoms with Gasteiger partial charge in [-0.1, -0.05) is 48.5 Å². The molecule has 2 aromatic carbocycles. The lowest BCUT2D eigenvalue weighted by atomic mass is 9.85. The van der Waals surface area contributed by atoms with Gasteiger partial charge in [-0.2, -0.15) is 13.2 Å². The Labute approximate surface area is 109 Å². The van der Waals surface area contributed by atoms with Crippen LogP contribution in [0.1, 0.15) is 23.6 Å². The van der Waals surface area contributed by atoms with Gasteiger partial charge in [0.1, 0.15) is 5.60 Å². The SMILES string of the molecule is CC(O)(c1ccccc1)c1ccccc1C(F)(F)F. The minimum atomic E-state index is -4.49. The van der Waals surface area contributed by atoms with E-state index in [1.165, 1.54) is 25.1 Å². The first kappa shape index (κ1) is 13.6. The highest BCUT2D eigenvalue weighted by atomic mass is 19.4. The third-order valence-corrected chi connectivity index (χ3v) is 3.09. The molecule has 0 bridgehead atoms. The molecule has 0 saturated heterocycles. The van der Waals surface area contributed by atoms with Crippen LogP contribution in [-0.4, -0.2) is 5.11 Å². The summed E-state index contributed by atoms with van der Waals surface area (Å²) in [6.45, 7) is 1.37. The molecule has 0 amide bonds. The summed E-state index contributed by atoms with van der Waals surface area (Å²) in [5.74, 6) is 0. The van der Waals surface area contributed by atoms with Crippen molar-refractivity contribution in [2.75, 3.05) is 0 Å². The summed E-state index contributed by atoms with van der Waals surface area (Å²) in [4.78, 5) is 0. The number of halogens is 3. The first-order valence-corrected chi connectivity index (χ1v) is 5.78. The zero-order valence-corrected chi connectivity index (χ0v) is 10.3. The summed E-state index contributed by atoms with van der Waals surface area (Å²) in [6.07, 6.45) is -4.49. The van der Waals surface area contributed by atoms with Crippen LogP contribution >= 0.6 is 0 Å². The van der Waals surface area contributed by atoms with Crippen LogP contribution in [0.2, 0.25) is 0 Å². The first-order chi connectivity index (χ1) is 8.83. The molecule has 0 saturated carbocycles. The highest BCUT2D eigenvalue weighted by Gasteiger charge is 2.39.